The molecule has 8 heteroatoms. The maximum absolute atomic E-state index is 13.5. The van der Waals surface area contributed by atoms with Crippen molar-refractivity contribution in [3.05, 3.63) is 30.1 Å². The number of carbonyl (C=O) groups is 1. The van der Waals surface area contributed by atoms with Crippen LogP contribution < -0.4 is 10.6 Å². The van der Waals surface area contributed by atoms with Crippen LogP contribution >= 0.6 is 11.8 Å². The molecule has 2 aromatic rings. The summed E-state index contributed by atoms with van der Waals surface area (Å²) < 4.78 is 15.5. The summed E-state index contributed by atoms with van der Waals surface area (Å²) in [4.78, 5) is 12.4. The quantitative estimate of drug-likeness (QED) is 0.770. The molecular weight excluding hydrogens is 365 g/mol. The van der Waals surface area contributed by atoms with E-state index in [9.17, 15) is 9.18 Å². The van der Waals surface area contributed by atoms with Crippen molar-refractivity contribution in [2.75, 3.05) is 5.75 Å². The zero-order chi connectivity index (χ0) is 18.8. The lowest BCUT2D eigenvalue weighted by molar-refractivity contribution is -0.130. The van der Waals surface area contributed by atoms with E-state index < -0.39 is 0 Å². The number of halogens is 1. The van der Waals surface area contributed by atoms with Crippen LogP contribution in [0.2, 0.25) is 0 Å². The molecule has 1 aromatic heterocycles. The first-order valence-corrected chi connectivity index (χ1v) is 10.5. The van der Waals surface area contributed by atoms with Crippen LogP contribution in [0, 0.1) is 11.7 Å². The fourth-order valence-corrected chi connectivity index (χ4v) is 4.96. The van der Waals surface area contributed by atoms with Crippen molar-refractivity contribution in [2.45, 2.75) is 56.5 Å². The zero-order valence-corrected chi connectivity index (χ0v) is 16.1. The first kappa shape index (κ1) is 18.4. The molecule has 6 nitrogen and oxygen atoms in total. The summed E-state index contributed by atoms with van der Waals surface area (Å²) in [7, 11) is 0. The fraction of sp³-hybridized carbons (Fsp3) is 0.526. The van der Waals surface area contributed by atoms with Crippen molar-refractivity contribution < 1.29 is 9.18 Å². The Hall–Kier alpha value is -1.93. The highest BCUT2D eigenvalue weighted by Crippen LogP contribution is 2.29. The predicted molar refractivity (Wildman–Crippen MR) is 103 cm³/mol. The van der Waals surface area contributed by atoms with Gasteiger partial charge in [-0.1, -0.05) is 36.7 Å². The molecule has 1 amide bonds. The van der Waals surface area contributed by atoms with Crippen LogP contribution in [-0.4, -0.2) is 38.6 Å². The summed E-state index contributed by atoms with van der Waals surface area (Å²) in [6, 6.07) is 6.68. The van der Waals surface area contributed by atoms with Crippen LogP contribution in [0.25, 0.3) is 11.4 Å². The van der Waals surface area contributed by atoms with Gasteiger partial charge in [-0.25, -0.2) is 4.39 Å². The first-order chi connectivity index (χ1) is 13.2. The Kier molecular flexibility index (Phi) is 5.45. The minimum atomic E-state index is -0.288. The first-order valence-electron chi connectivity index (χ1n) is 9.54. The summed E-state index contributed by atoms with van der Waals surface area (Å²) in [6.45, 7) is 2.71. The lowest BCUT2D eigenvalue weighted by Crippen LogP contribution is -2.62. The molecule has 1 saturated carbocycles. The highest BCUT2D eigenvalue weighted by Gasteiger charge is 2.37. The SMILES string of the molecule is CCn1c(SCC2NC(=O)C3CCCCC3N2)nnc1-c1cccc(F)c1. The number of aromatic nitrogens is 3. The van der Waals surface area contributed by atoms with Gasteiger partial charge in [-0.2, -0.15) is 0 Å². The predicted octanol–water partition coefficient (Wildman–Crippen LogP) is 2.80. The van der Waals surface area contributed by atoms with Gasteiger partial charge in [-0.3, -0.25) is 10.1 Å². The van der Waals surface area contributed by atoms with E-state index in [1.165, 1.54) is 18.6 Å². The van der Waals surface area contributed by atoms with Crippen LogP contribution in [-0.2, 0) is 11.3 Å². The molecule has 1 aliphatic carbocycles. The van der Waals surface area contributed by atoms with Gasteiger partial charge in [0.2, 0.25) is 5.91 Å². The maximum Gasteiger partial charge on any atom is 0.225 e. The van der Waals surface area contributed by atoms with Gasteiger partial charge >= 0.3 is 0 Å². The number of amides is 1. The van der Waals surface area contributed by atoms with Crippen LogP contribution in [0.15, 0.2) is 29.4 Å². The number of carbonyl (C=O) groups excluding carboxylic acids is 1. The van der Waals surface area contributed by atoms with Gasteiger partial charge in [-0.05, 0) is 31.9 Å². The molecule has 1 aliphatic heterocycles. The topological polar surface area (TPSA) is 71.8 Å². The Balaban J connectivity index is 1.45. The van der Waals surface area contributed by atoms with Gasteiger partial charge in [0.1, 0.15) is 5.82 Å². The molecule has 0 bridgehead atoms. The molecular formula is C19H24FN5OS. The van der Waals surface area contributed by atoms with E-state index in [2.05, 4.69) is 20.8 Å². The molecule has 2 heterocycles. The molecule has 0 radical (unpaired) electrons. The molecule has 3 unspecified atom stereocenters. The second kappa shape index (κ2) is 7.98. The maximum atomic E-state index is 13.5. The van der Waals surface area contributed by atoms with Crippen LogP contribution in [0.4, 0.5) is 4.39 Å². The van der Waals surface area contributed by atoms with E-state index >= 15 is 0 Å². The van der Waals surface area contributed by atoms with Gasteiger partial charge in [0, 0.05) is 23.9 Å². The molecule has 1 saturated heterocycles. The van der Waals surface area contributed by atoms with E-state index in [1.807, 2.05) is 17.6 Å². The van der Waals surface area contributed by atoms with Crippen molar-refractivity contribution in [1.29, 1.82) is 0 Å². The fourth-order valence-electron chi connectivity index (χ4n) is 3.99. The van der Waals surface area contributed by atoms with E-state index in [0.29, 0.717) is 23.7 Å². The number of rotatable bonds is 5. The smallest absolute Gasteiger partial charge is 0.225 e. The number of benzene rings is 1. The van der Waals surface area contributed by atoms with Crippen LogP contribution in [0.5, 0.6) is 0 Å². The number of thioether (sulfide) groups is 1. The number of fused-ring (bicyclic) bond motifs is 1. The highest BCUT2D eigenvalue weighted by molar-refractivity contribution is 7.99. The Morgan fingerprint density at radius 3 is 2.96 bits per heavy atom. The normalized spacial score (nSPS) is 25.1. The molecule has 2 N–H and O–H groups in total. The summed E-state index contributed by atoms with van der Waals surface area (Å²) in [5.74, 6) is 1.33. The van der Waals surface area contributed by atoms with E-state index in [-0.39, 0.29) is 29.8 Å². The van der Waals surface area contributed by atoms with Gasteiger partial charge in [0.05, 0.1) is 12.1 Å². The minimum Gasteiger partial charge on any atom is -0.340 e. The summed E-state index contributed by atoms with van der Waals surface area (Å²) in [5.41, 5.74) is 0.713. The standard InChI is InChI=1S/C19H24FN5OS/c1-2-25-17(12-6-5-7-13(20)10-12)23-24-19(25)27-11-16-21-15-9-4-3-8-14(15)18(26)22-16/h5-7,10,14-16,21H,2-4,8-9,11H2,1H3,(H,22,26). The largest absolute Gasteiger partial charge is 0.340 e. The molecule has 4 rings (SSSR count). The molecule has 144 valence electrons. The number of nitrogens with one attached hydrogen (secondary N) is 2. The number of nitrogens with zero attached hydrogens (tertiary/aromatic N) is 3. The third-order valence-electron chi connectivity index (χ3n) is 5.33. The van der Waals surface area contributed by atoms with Crippen molar-refractivity contribution in [3.8, 4) is 11.4 Å². The van der Waals surface area contributed by atoms with Crippen molar-refractivity contribution >= 4 is 17.7 Å². The summed E-state index contributed by atoms with van der Waals surface area (Å²) in [5, 5.41) is 16.0. The molecule has 1 aromatic carbocycles. The Morgan fingerprint density at radius 2 is 2.15 bits per heavy atom. The lowest BCUT2D eigenvalue weighted by atomic mass is 9.82. The van der Waals surface area contributed by atoms with Crippen molar-refractivity contribution in [1.82, 2.24) is 25.4 Å². The Morgan fingerprint density at radius 1 is 1.30 bits per heavy atom. The van der Waals surface area contributed by atoms with Gasteiger partial charge < -0.3 is 9.88 Å². The van der Waals surface area contributed by atoms with Gasteiger partial charge in [0.15, 0.2) is 11.0 Å². The zero-order valence-electron chi connectivity index (χ0n) is 15.3. The van der Waals surface area contributed by atoms with Crippen LogP contribution in [0.1, 0.15) is 32.6 Å². The highest BCUT2D eigenvalue weighted by atomic mass is 32.2. The Labute approximate surface area is 162 Å². The average molecular weight is 390 g/mol. The van der Waals surface area contributed by atoms with Gasteiger partial charge in [-0.15, -0.1) is 10.2 Å². The molecule has 0 spiro atoms. The van der Waals surface area contributed by atoms with E-state index in [4.69, 9.17) is 0 Å². The molecule has 27 heavy (non-hydrogen) atoms. The minimum absolute atomic E-state index is 0.0681. The molecule has 2 aliphatic rings. The average Bonchev–Trinajstić information content (AvgIpc) is 3.09. The summed E-state index contributed by atoms with van der Waals surface area (Å²) >= 11 is 1.56. The number of hydrogen-bond donors (Lipinski definition) is 2. The van der Waals surface area contributed by atoms with Crippen molar-refractivity contribution in [3.63, 3.8) is 0 Å². The third kappa shape index (κ3) is 3.87. The molecule has 3 atom stereocenters. The molecule has 2 fully saturated rings. The lowest BCUT2D eigenvalue weighted by Gasteiger charge is -2.40. The van der Waals surface area contributed by atoms with E-state index in [0.717, 1.165) is 24.4 Å². The van der Waals surface area contributed by atoms with Crippen molar-refractivity contribution in [2.24, 2.45) is 5.92 Å². The monoisotopic (exact) mass is 389 g/mol. The third-order valence-corrected chi connectivity index (χ3v) is 6.39. The second-order valence-electron chi connectivity index (χ2n) is 7.10. The second-order valence-corrected chi connectivity index (χ2v) is 8.08. The van der Waals surface area contributed by atoms with Crippen LogP contribution in [0.3, 0.4) is 0 Å². The Bertz CT molecular complexity index is 826. The van der Waals surface area contributed by atoms with Gasteiger partial charge in [0.25, 0.3) is 0 Å². The van der Waals surface area contributed by atoms with E-state index in [1.54, 1.807) is 17.8 Å². The number of hydrogen-bond acceptors (Lipinski definition) is 5. The summed E-state index contributed by atoms with van der Waals surface area (Å²) in [6.07, 6.45) is 4.29.